The smallest absolute Gasteiger partial charge is 0.0755 e. The fraction of sp³-hybridized carbons (Fsp3) is 0.308. The number of hydrogen-bond acceptors (Lipinski definition) is 3. The minimum absolute atomic E-state index is 0.595. The molecule has 1 aromatic carbocycles. The van der Waals surface area contributed by atoms with Crippen LogP contribution in [0.4, 0.5) is 5.69 Å². The van der Waals surface area contributed by atoms with E-state index in [2.05, 4.69) is 24.0 Å². The predicted octanol–water partition coefficient (Wildman–Crippen LogP) is 2.20. The molecular formula is C13H14N2O. The Labute approximate surface area is 94.2 Å². The van der Waals surface area contributed by atoms with Crippen molar-refractivity contribution in [1.29, 1.82) is 0 Å². The molecule has 3 heteroatoms. The zero-order valence-corrected chi connectivity index (χ0v) is 9.29. The van der Waals surface area contributed by atoms with Gasteiger partial charge in [0.25, 0.3) is 0 Å². The van der Waals surface area contributed by atoms with E-state index in [9.17, 15) is 0 Å². The first-order valence-electron chi connectivity index (χ1n) is 5.51. The maximum Gasteiger partial charge on any atom is 0.0755 e. The van der Waals surface area contributed by atoms with E-state index in [4.69, 9.17) is 10.5 Å². The Morgan fingerprint density at radius 2 is 2.25 bits per heavy atom. The standard InChI is InChI=1S/C13H14N2O/c1-8-2-3-9-12(6-8)15-11-4-5-16-7-10(11)13(9)14/h2-3,6H,4-5,7H2,1H3,(H2,14,15). The quantitative estimate of drug-likeness (QED) is 0.731. The van der Waals surface area contributed by atoms with E-state index < -0.39 is 0 Å². The van der Waals surface area contributed by atoms with Crippen LogP contribution in [0.5, 0.6) is 0 Å². The highest BCUT2D eigenvalue weighted by atomic mass is 16.5. The topological polar surface area (TPSA) is 48.1 Å². The summed E-state index contributed by atoms with van der Waals surface area (Å²) in [5.41, 5.74) is 11.4. The summed E-state index contributed by atoms with van der Waals surface area (Å²) in [6, 6.07) is 6.19. The molecule has 0 radical (unpaired) electrons. The summed E-state index contributed by atoms with van der Waals surface area (Å²) in [6.45, 7) is 3.41. The van der Waals surface area contributed by atoms with Crippen molar-refractivity contribution in [1.82, 2.24) is 4.98 Å². The van der Waals surface area contributed by atoms with Crippen molar-refractivity contribution in [3.05, 3.63) is 35.0 Å². The van der Waals surface area contributed by atoms with Gasteiger partial charge in [-0.15, -0.1) is 0 Å². The van der Waals surface area contributed by atoms with Crippen molar-refractivity contribution >= 4 is 16.6 Å². The molecule has 3 nitrogen and oxygen atoms in total. The second-order valence-corrected chi connectivity index (χ2v) is 4.27. The normalized spacial score (nSPS) is 15.1. The van der Waals surface area contributed by atoms with Crippen molar-refractivity contribution in [3.63, 3.8) is 0 Å². The molecule has 0 fully saturated rings. The van der Waals surface area contributed by atoms with Crippen LogP contribution >= 0.6 is 0 Å². The number of fused-ring (bicyclic) bond motifs is 2. The molecule has 0 unspecified atom stereocenters. The molecule has 2 heterocycles. The average Bonchev–Trinajstić information content (AvgIpc) is 2.29. The minimum Gasteiger partial charge on any atom is -0.398 e. The summed E-state index contributed by atoms with van der Waals surface area (Å²) < 4.78 is 5.43. The third kappa shape index (κ3) is 1.36. The minimum atomic E-state index is 0.595. The number of anilines is 1. The molecule has 0 aliphatic carbocycles. The Bertz CT molecular complexity index is 563. The summed E-state index contributed by atoms with van der Waals surface area (Å²) in [7, 11) is 0. The van der Waals surface area contributed by atoms with Gasteiger partial charge < -0.3 is 10.5 Å². The molecule has 16 heavy (non-hydrogen) atoms. The summed E-state index contributed by atoms with van der Waals surface area (Å²) in [4.78, 5) is 4.68. The van der Waals surface area contributed by atoms with Gasteiger partial charge in [-0.05, 0) is 18.6 Å². The molecular weight excluding hydrogens is 200 g/mol. The highest BCUT2D eigenvalue weighted by molar-refractivity contribution is 5.92. The van der Waals surface area contributed by atoms with Crippen LogP contribution in [0.3, 0.4) is 0 Å². The summed E-state index contributed by atoms with van der Waals surface area (Å²) >= 11 is 0. The number of pyridine rings is 1. The van der Waals surface area contributed by atoms with Gasteiger partial charge in [0.1, 0.15) is 0 Å². The van der Waals surface area contributed by atoms with Gasteiger partial charge in [0.15, 0.2) is 0 Å². The van der Waals surface area contributed by atoms with Gasteiger partial charge in [0.2, 0.25) is 0 Å². The highest BCUT2D eigenvalue weighted by Gasteiger charge is 2.16. The van der Waals surface area contributed by atoms with E-state index in [1.807, 2.05) is 6.07 Å². The number of nitrogens with two attached hydrogens (primary N) is 1. The van der Waals surface area contributed by atoms with Crippen molar-refractivity contribution in [3.8, 4) is 0 Å². The van der Waals surface area contributed by atoms with Crippen LogP contribution < -0.4 is 5.73 Å². The molecule has 0 bridgehead atoms. The van der Waals surface area contributed by atoms with E-state index in [-0.39, 0.29) is 0 Å². The summed E-state index contributed by atoms with van der Waals surface area (Å²) in [6.07, 6.45) is 0.864. The Hall–Kier alpha value is -1.61. The van der Waals surface area contributed by atoms with Crippen molar-refractivity contribution in [2.45, 2.75) is 20.0 Å². The first-order valence-corrected chi connectivity index (χ1v) is 5.51. The van der Waals surface area contributed by atoms with Gasteiger partial charge in [-0.1, -0.05) is 12.1 Å². The van der Waals surface area contributed by atoms with Crippen LogP contribution in [-0.4, -0.2) is 11.6 Å². The number of nitrogens with zero attached hydrogens (tertiary/aromatic N) is 1. The Balaban J connectivity index is 2.34. The maximum absolute atomic E-state index is 6.17. The number of aryl methyl sites for hydroxylation is 1. The zero-order valence-electron chi connectivity index (χ0n) is 9.29. The second kappa shape index (κ2) is 3.46. The van der Waals surface area contributed by atoms with Gasteiger partial charge >= 0.3 is 0 Å². The predicted molar refractivity (Wildman–Crippen MR) is 64.3 cm³/mol. The number of aromatic nitrogens is 1. The molecule has 2 N–H and O–H groups in total. The van der Waals surface area contributed by atoms with Crippen LogP contribution in [0.2, 0.25) is 0 Å². The Kier molecular flexibility index (Phi) is 2.07. The van der Waals surface area contributed by atoms with E-state index in [1.165, 1.54) is 5.56 Å². The lowest BCUT2D eigenvalue weighted by molar-refractivity contribution is 0.110. The van der Waals surface area contributed by atoms with E-state index in [1.54, 1.807) is 0 Å². The van der Waals surface area contributed by atoms with Crippen LogP contribution in [0.25, 0.3) is 10.9 Å². The van der Waals surface area contributed by atoms with Crippen LogP contribution in [0, 0.1) is 6.92 Å². The Morgan fingerprint density at radius 3 is 3.12 bits per heavy atom. The molecule has 1 aromatic heterocycles. The number of ether oxygens (including phenoxy) is 1. The fourth-order valence-electron chi connectivity index (χ4n) is 2.20. The van der Waals surface area contributed by atoms with E-state index in [0.717, 1.165) is 40.9 Å². The third-order valence-corrected chi connectivity index (χ3v) is 3.10. The molecule has 1 aliphatic rings. The van der Waals surface area contributed by atoms with Crippen molar-refractivity contribution < 1.29 is 4.74 Å². The van der Waals surface area contributed by atoms with Crippen LogP contribution in [0.15, 0.2) is 18.2 Å². The second-order valence-electron chi connectivity index (χ2n) is 4.27. The molecule has 3 rings (SSSR count). The lowest BCUT2D eigenvalue weighted by Crippen LogP contribution is -2.14. The number of nitrogen functional groups attached to an aromatic ring is 1. The highest BCUT2D eigenvalue weighted by Crippen LogP contribution is 2.29. The van der Waals surface area contributed by atoms with E-state index in [0.29, 0.717) is 6.61 Å². The number of hydrogen-bond donors (Lipinski definition) is 1. The Morgan fingerprint density at radius 1 is 1.38 bits per heavy atom. The van der Waals surface area contributed by atoms with E-state index >= 15 is 0 Å². The number of rotatable bonds is 0. The molecule has 1 aliphatic heterocycles. The van der Waals surface area contributed by atoms with Crippen molar-refractivity contribution in [2.24, 2.45) is 0 Å². The molecule has 0 amide bonds. The largest absolute Gasteiger partial charge is 0.398 e. The summed E-state index contributed by atoms with van der Waals surface area (Å²) in [5.74, 6) is 0. The zero-order chi connectivity index (χ0) is 11.1. The molecule has 0 atom stereocenters. The van der Waals surface area contributed by atoms with Crippen LogP contribution in [0.1, 0.15) is 16.8 Å². The lowest BCUT2D eigenvalue weighted by Gasteiger charge is -2.19. The molecule has 0 saturated carbocycles. The average molecular weight is 214 g/mol. The SMILES string of the molecule is Cc1ccc2c(N)c3c(nc2c1)CCOC3. The first-order chi connectivity index (χ1) is 7.75. The molecule has 82 valence electrons. The lowest BCUT2D eigenvalue weighted by atomic mass is 10.0. The van der Waals surface area contributed by atoms with Gasteiger partial charge in [0, 0.05) is 23.1 Å². The summed E-state index contributed by atoms with van der Waals surface area (Å²) in [5, 5.41) is 1.04. The first kappa shape index (κ1) is 9.60. The van der Waals surface area contributed by atoms with Gasteiger partial charge in [-0.3, -0.25) is 4.98 Å². The molecule has 2 aromatic rings. The maximum atomic E-state index is 6.17. The van der Waals surface area contributed by atoms with Gasteiger partial charge in [-0.2, -0.15) is 0 Å². The van der Waals surface area contributed by atoms with Gasteiger partial charge in [0.05, 0.1) is 24.4 Å². The van der Waals surface area contributed by atoms with Crippen molar-refractivity contribution in [2.75, 3.05) is 12.3 Å². The number of benzene rings is 1. The monoisotopic (exact) mass is 214 g/mol. The molecule has 0 spiro atoms. The van der Waals surface area contributed by atoms with Gasteiger partial charge in [-0.25, -0.2) is 0 Å². The molecule has 0 saturated heterocycles. The third-order valence-electron chi connectivity index (χ3n) is 3.10. The van der Waals surface area contributed by atoms with Crippen LogP contribution in [-0.2, 0) is 17.8 Å². The fourth-order valence-corrected chi connectivity index (χ4v) is 2.20.